The van der Waals surface area contributed by atoms with Crippen molar-refractivity contribution >= 4 is 39.6 Å². The summed E-state index contributed by atoms with van der Waals surface area (Å²) in [5.74, 6) is 0.487. The molecule has 2 N–H and O–H groups in total. The number of hydrogen-bond acceptors (Lipinski definition) is 6. The number of benzene rings is 1. The van der Waals surface area contributed by atoms with Crippen molar-refractivity contribution in [3.05, 3.63) is 46.2 Å². The van der Waals surface area contributed by atoms with E-state index < -0.39 is 11.4 Å². The second kappa shape index (κ2) is 6.77. The Morgan fingerprint density at radius 2 is 1.88 bits per heavy atom. The molecule has 0 bridgehead atoms. The summed E-state index contributed by atoms with van der Waals surface area (Å²) in [5.41, 5.74) is 1.31. The van der Waals surface area contributed by atoms with Gasteiger partial charge in [0, 0.05) is 38.4 Å². The zero-order valence-electron chi connectivity index (χ0n) is 17.9. The first kappa shape index (κ1) is 19.2. The molecule has 2 fully saturated rings. The molecule has 2 atom stereocenters. The van der Waals surface area contributed by atoms with Gasteiger partial charge in [0.15, 0.2) is 5.65 Å². The Labute approximate surface area is 183 Å². The van der Waals surface area contributed by atoms with E-state index in [1.54, 1.807) is 4.40 Å². The van der Waals surface area contributed by atoms with Crippen LogP contribution < -0.4 is 10.3 Å². The largest absolute Gasteiger partial charge is 0.477 e. The van der Waals surface area contributed by atoms with E-state index in [2.05, 4.69) is 33.6 Å². The van der Waals surface area contributed by atoms with Gasteiger partial charge < -0.3 is 19.9 Å². The molecule has 3 aromatic heterocycles. The SMILES string of the molecule is CC(C)N1CC2CN(c3ncc4c(=O)c(C(=O)O)c5[nH]c6ccccc6n5c4n3)CC2C1. The topological polar surface area (TPSA) is 107 Å². The van der Waals surface area contributed by atoms with Crippen LogP contribution in [0.3, 0.4) is 0 Å². The molecule has 9 nitrogen and oxygen atoms in total. The fourth-order valence-corrected chi connectivity index (χ4v) is 5.37. The van der Waals surface area contributed by atoms with Crippen molar-refractivity contribution in [2.75, 3.05) is 31.1 Å². The minimum Gasteiger partial charge on any atom is -0.477 e. The van der Waals surface area contributed by atoms with E-state index in [1.807, 2.05) is 24.3 Å². The number of anilines is 1. The maximum atomic E-state index is 13.0. The molecule has 9 heteroatoms. The molecule has 1 aromatic carbocycles. The Bertz CT molecular complexity index is 1440. The number of carboxylic acid groups (broad SMARTS) is 1. The Morgan fingerprint density at radius 1 is 1.16 bits per heavy atom. The average Bonchev–Trinajstić information content (AvgIpc) is 3.44. The highest BCUT2D eigenvalue weighted by Gasteiger charge is 2.41. The van der Waals surface area contributed by atoms with Gasteiger partial charge >= 0.3 is 5.97 Å². The van der Waals surface area contributed by atoms with E-state index in [9.17, 15) is 14.7 Å². The average molecular weight is 432 g/mol. The highest BCUT2D eigenvalue weighted by Crippen LogP contribution is 2.34. The van der Waals surface area contributed by atoms with Crippen LogP contribution in [-0.4, -0.2) is 67.5 Å². The van der Waals surface area contributed by atoms with Gasteiger partial charge in [-0.25, -0.2) is 9.78 Å². The van der Waals surface area contributed by atoms with Gasteiger partial charge in [-0.15, -0.1) is 0 Å². The first-order chi connectivity index (χ1) is 15.4. The standard InChI is InChI=1S/C23H24N6O3/c1-12(2)27-8-13-10-28(11-14(13)9-27)23-24-7-15-19(30)18(22(31)32)21-25-16-5-3-4-6-17(16)29(21)20(15)26-23/h3-7,12-14,25H,8-11H2,1-2H3,(H,31,32). The molecule has 5 heterocycles. The van der Waals surface area contributed by atoms with Gasteiger partial charge in [-0.05, 0) is 37.8 Å². The summed E-state index contributed by atoms with van der Waals surface area (Å²) in [4.78, 5) is 42.1. The fourth-order valence-electron chi connectivity index (χ4n) is 5.37. The molecule has 4 aromatic rings. The molecule has 2 aliphatic heterocycles. The van der Waals surface area contributed by atoms with Crippen LogP contribution in [0.4, 0.5) is 5.95 Å². The Morgan fingerprint density at radius 3 is 2.56 bits per heavy atom. The van der Waals surface area contributed by atoms with E-state index in [1.165, 1.54) is 6.20 Å². The molecular weight excluding hydrogens is 408 g/mol. The predicted octanol–water partition coefficient (Wildman–Crippen LogP) is 2.20. The van der Waals surface area contributed by atoms with Crippen LogP contribution in [0.1, 0.15) is 24.2 Å². The summed E-state index contributed by atoms with van der Waals surface area (Å²) in [5, 5.41) is 9.95. The summed E-state index contributed by atoms with van der Waals surface area (Å²) in [6.45, 7) is 8.42. The molecule has 0 amide bonds. The smallest absolute Gasteiger partial charge is 0.343 e. The zero-order valence-corrected chi connectivity index (χ0v) is 17.9. The maximum Gasteiger partial charge on any atom is 0.343 e. The molecule has 0 spiro atoms. The van der Waals surface area contributed by atoms with Gasteiger partial charge in [-0.1, -0.05) is 12.1 Å². The number of aromatic amines is 1. The number of carboxylic acids is 1. The molecule has 32 heavy (non-hydrogen) atoms. The lowest BCUT2D eigenvalue weighted by Crippen LogP contribution is -2.33. The first-order valence-corrected chi connectivity index (χ1v) is 11.0. The third-order valence-corrected chi connectivity index (χ3v) is 7.04. The molecule has 0 saturated carbocycles. The molecule has 0 aliphatic carbocycles. The molecule has 0 radical (unpaired) electrons. The summed E-state index contributed by atoms with van der Waals surface area (Å²) in [6, 6.07) is 8.04. The Kier molecular flexibility index (Phi) is 4.07. The van der Waals surface area contributed by atoms with Crippen molar-refractivity contribution in [2.45, 2.75) is 19.9 Å². The van der Waals surface area contributed by atoms with E-state index >= 15 is 0 Å². The number of carbonyl (C=O) groups is 1. The van der Waals surface area contributed by atoms with Gasteiger partial charge in [0.2, 0.25) is 11.4 Å². The highest BCUT2D eigenvalue weighted by atomic mass is 16.4. The van der Waals surface area contributed by atoms with Crippen LogP contribution in [0.2, 0.25) is 0 Å². The highest BCUT2D eigenvalue weighted by molar-refractivity contribution is 6.02. The van der Waals surface area contributed by atoms with Crippen LogP contribution in [-0.2, 0) is 0 Å². The lowest BCUT2D eigenvalue weighted by Gasteiger charge is -2.24. The number of likely N-dealkylation sites (tertiary alicyclic amines) is 1. The van der Waals surface area contributed by atoms with Crippen molar-refractivity contribution in [2.24, 2.45) is 11.8 Å². The van der Waals surface area contributed by atoms with E-state index in [-0.39, 0.29) is 16.6 Å². The zero-order chi connectivity index (χ0) is 22.1. The predicted molar refractivity (Wildman–Crippen MR) is 121 cm³/mol. The molecule has 2 saturated heterocycles. The van der Waals surface area contributed by atoms with Crippen molar-refractivity contribution < 1.29 is 9.90 Å². The maximum absolute atomic E-state index is 13.0. The quantitative estimate of drug-likeness (QED) is 0.511. The van der Waals surface area contributed by atoms with Gasteiger partial charge in [0.1, 0.15) is 11.2 Å². The summed E-state index contributed by atoms with van der Waals surface area (Å²) < 4.78 is 1.73. The Balaban J connectivity index is 1.51. The number of nitrogens with one attached hydrogen (secondary N) is 1. The molecule has 2 aliphatic rings. The second-order valence-electron chi connectivity index (χ2n) is 9.22. The number of H-pyrrole nitrogens is 1. The van der Waals surface area contributed by atoms with Crippen molar-refractivity contribution in [1.82, 2.24) is 24.3 Å². The van der Waals surface area contributed by atoms with Gasteiger partial charge in [-0.3, -0.25) is 9.20 Å². The number of fused-ring (bicyclic) bond motifs is 6. The van der Waals surface area contributed by atoms with Crippen LogP contribution in [0.5, 0.6) is 0 Å². The fraction of sp³-hybridized carbons (Fsp3) is 0.391. The number of aromatic nitrogens is 4. The third-order valence-electron chi connectivity index (χ3n) is 7.04. The van der Waals surface area contributed by atoms with Crippen molar-refractivity contribution in [1.29, 1.82) is 0 Å². The van der Waals surface area contributed by atoms with Gasteiger partial charge in [0.05, 0.1) is 16.4 Å². The summed E-state index contributed by atoms with van der Waals surface area (Å²) >= 11 is 0. The monoisotopic (exact) mass is 432 g/mol. The van der Waals surface area contributed by atoms with Crippen LogP contribution in [0.25, 0.3) is 27.7 Å². The van der Waals surface area contributed by atoms with Crippen LogP contribution >= 0.6 is 0 Å². The molecular formula is C23H24N6O3. The number of imidazole rings is 1. The molecule has 164 valence electrons. The van der Waals surface area contributed by atoms with Gasteiger partial charge in [-0.2, -0.15) is 4.98 Å². The number of pyridine rings is 1. The first-order valence-electron chi connectivity index (χ1n) is 11.0. The van der Waals surface area contributed by atoms with E-state index in [0.29, 0.717) is 29.5 Å². The van der Waals surface area contributed by atoms with Crippen LogP contribution in [0, 0.1) is 11.8 Å². The lowest BCUT2D eigenvalue weighted by atomic mass is 10.0. The summed E-state index contributed by atoms with van der Waals surface area (Å²) in [6.07, 6.45) is 1.48. The van der Waals surface area contributed by atoms with E-state index in [4.69, 9.17) is 4.98 Å². The van der Waals surface area contributed by atoms with Gasteiger partial charge in [0.25, 0.3) is 0 Å². The van der Waals surface area contributed by atoms with E-state index in [0.717, 1.165) is 37.2 Å². The number of rotatable bonds is 3. The summed E-state index contributed by atoms with van der Waals surface area (Å²) in [7, 11) is 0. The number of para-hydroxylation sites is 2. The molecule has 2 unspecified atom stereocenters. The number of hydrogen-bond donors (Lipinski definition) is 2. The van der Waals surface area contributed by atoms with Crippen molar-refractivity contribution in [3.8, 4) is 0 Å². The minimum absolute atomic E-state index is 0.207. The lowest BCUT2D eigenvalue weighted by molar-refractivity contribution is 0.0697. The Hall–Kier alpha value is -3.46. The number of aromatic carboxylic acids is 1. The minimum atomic E-state index is -1.27. The van der Waals surface area contributed by atoms with Crippen molar-refractivity contribution in [3.63, 3.8) is 0 Å². The second-order valence-corrected chi connectivity index (χ2v) is 9.22. The third kappa shape index (κ3) is 2.67. The molecule has 6 rings (SSSR count). The number of nitrogens with zero attached hydrogens (tertiary/aromatic N) is 5. The normalized spacial score (nSPS) is 21.4. The van der Waals surface area contributed by atoms with Crippen LogP contribution in [0.15, 0.2) is 35.3 Å².